The highest BCUT2D eigenvalue weighted by Crippen LogP contribution is 2.39. The minimum atomic E-state index is -0.594. The van der Waals surface area contributed by atoms with Gasteiger partial charge in [-0.1, -0.05) is 24.3 Å². The van der Waals surface area contributed by atoms with E-state index in [4.69, 9.17) is 10.5 Å². The van der Waals surface area contributed by atoms with E-state index in [9.17, 15) is 9.59 Å². The molecule has 0 bridgehead atoms. The van der Waals surface area contributed by atoms with Gasteiger partial charge >= 0.3 is 0 Å². The number of amides is 2. The normalized spacial score (nSPS) is 14.5. The second-order valence-electron chi connectivity index (χ2n) is 10.0. The number of aromatic amines is 1. The van der Waals surface area contributed by atoms with Crippen LogP contribution in [0.25, 0.3) is 32.9 Å². The number of halogens is 1. The van der Waals surface area contributed by atoms with E-state index in [1.807, 2.05) is 37.0 Å². The topological polar surface area (TPSA) is 94.9 Å². The molecular weight excluding hydrogens is 485 g/mol. The molecule has 3 aromatic carbocycles. The summed E-state index contributed by atoms with van der Waals surface area (Å²) in [6.07, 6.45) is 0. The van der Waals surface area contributed by atoms with E-state index < -0.39 is 11.7 Å². The van der Waals surface area contributed by atoms with E-state index >= 15 is 4.39 Å². The lowest BCUT2D eigenvalue weighted by molar-refractivity contribution is 0.0664. The third-order valence-corrected chi connectivity index (χ3v) is 7.11. The number of carbonyl (C=O) groups is 2. The lowest BCUT2D eigenvalue weighted by Gasteiger charge is -2.32. The number of ether oxygens (including phenoxy) is 1. The number of aromatic nitrogens is 1. The van der Waals surface area contributed by atoms with E-state index in [2.05, 4.69) is 9.88 Å². The Morgan fingerprint density at radius 3 is 2.53 bits per heavy atom. The van der Waals surface area contributed by atoms with E-state index in [1.165, 1.54) is 0 Å². The predicted octanol–water partition coefficient (Wildman–Crippen LogP) is 3.55. The molecule has 0 saturated carbocycles. The van der Waals surface area contributed by atoms with Crippen molar-refractivity contribution in [1.29, 1.82) is 0 Å². The van der Waals surface area contributed by atoms with Crippen LogP contribution in [0.15, 0.2) is 48.5 Å². The third-order valence-electron chi connectivity index (χ3n) is 7.11. The van der Waals surface area contributed by atoms with Crippen LogP contribution >= 0.6 is 0 Å². The Morgan fingerprint density at radius 2 is 1.82 bits per heavy atom. The highest BCUT2D eigenvalue weighted by Gasteiger charge is 2.23. The molecule has 9 heteroatoms. The average Bonchev–Trinajstić information content (AvgIpc) is 3.28. The van der Waals surface area contributed by atoms with Crippen molar-refractivity contribution >= 4 is 33.6 Å². The van der Waals surface area contributed by atoms with Crippen molar-refractivity contribution in [3.63, 3.8) is 0 Å². The van der Waals surface area contributed by atoms with Crippen LogP contribution in [0.5, 0.6) is 5.75 Å². The number of piperazine rings is 1. The Bertz CT molecular complexity index is 1520. The molecule has 38 heavy (non-hydrogen) atoms. The van der Waals surface area contributed by atoms with Crippen LogP contribution < -0.4 is 10.5 Å². The summed E-state index contributed by atoms with van der Waals surface area (Å²) in [7, 11) is 5.89. The zero-order valence-corrected chi connectivity index (χ0v) is 21.9. The predicted molar refractivity (Wildman–Crippen MR) is 147 cm³/mol. The number of nitrogens with zero attached hydrogens (tertiary/aromatic N) is 3. The Hall–Kier alpha value is -3.95. The maximum absolute atomic E-state index is 15.7. The highest BCUT2D eigenvalue weighted by molar-refractivity contribution is 6.20. The molecule has 0 aliphatic carbocycles. The monoisotopic (exact) mass is 517 g/mol. The molecule has 1 fully saturated rings. The molecule has 0 unspecified atom stereocenters. The maximum Gasteiger partial charge on any atom is 0.254 e. The second-order valence-corrected chi connectivity index (χ2v) is 10.0. The number of hydrogen-bond donors (Lipinski definition) is 2. The van der Waals surface area contributed by atoms with E-state index in [1.54, 1.807) is 42.5 Å². The SMILES string of the molecule is CN(C)CCOc1cccc(-c2ccc(C(N)=O)c3[nH]c4cc(C(=O)N5CCN(C)CC5)ccc4c23)c1F. The van der Waals surface area contributed by atoms with E-state index in [-0.39, 0.29) is 11.7 Å². The fourth-order valence-electron chi connectivity index (χ4n) is 4.94. The summed E-state index contributed by atoms with van der Waals surface area (Å²) in [6.45, 7) is 3.99. The molecule has 198 valence electrons. The summed E-state index contributed by atoms with van der Waals surface area (Å²) in [6, 6.07) is 13.8. The van der Waals surface area contributed by atoms with Gasteiger partial charge in [0.2, 0.25) is 0 Å². The molecule has 1 aliphatic heterocycles. The van der Waals surface area contributed by atoms with Gasteiger partial charge in [0.05, 0.1) is 11.1 Å². The van der Waals surface area contributed by atoms with Crippen LogP contribution in [-0.4, -0.2) is 92.0 Å². The van der Waals surface area contributed by atoms with Crippen LogP contribution in [0, 0.1) is 5.82 Å². The van der Waals surface area contributed by atoms with Gasteiger partial charge in [-0.2, -0.15) is 0 Å². The van der Waals surface area contributed by atoms with Gasteiger partial charge in [0.1, 0.15) is 6.61 Å². The fraction of sp³-hybridized carbons (Fsp3) is 0.310. The molecule has 2 heterocycles. The molecule has 4 aromatic rings. The summed E-state index contributed by atoms with van der Waals surface area (Å²) in [5.41, 5.74) is 8.68. The Morgan fingerprint density at radius 1 is 1.05 bits per heavy atom. The molecule has 1 aliphatic rings. The van der Waals surface area contributed by atoms with Crippen LogP contribution in [-0.2, 0) is 0 Å². The van der Waals surface area contributed by atoms with Crippen LogP contribution in [0.2, 0.25) is 0 Å². The van der Waals surface area contributed by atoms with Gasteiger partial charge < -0.3 is 30.2 Å². The highest BCUT2D eigenvalue weighted by atomic mass is 19.1. The number of likely N-dealkylation sites (N-methyl/N-ethyl adjacent to an activating group) is 2. The van der Waals surface area contributed by atoms with Crippen LogP contribution in [0.3, 0.4) is 0 Å². The molecule has 1 aromatic heterocycles. The number of carbonyl (C=O) groups excluding carboxylic acids is 2. The molecule has 0 radical (unpaired) electrons. The molecule has 0 atom stereocenters. The van der Waals surface area contributed by atoms with Crippen molar-refractivity contribution in [2.24, 2.45) is 5.73 Å². The quantitative estimate of drug-likeness (QED) is 0.391. The molecule has 2 amide bonds. The number of hydrogen-bond acceptors (Lipinski definition) is 5. The summed E-state index contributed by atoms with van der Waals surface area (Å²) in [5, 5.41) is 1.44. The number of fused-ring (bicyclic) bond motifs is 3. The molecule has 3 N–H and O–H groups in total. The zero-order chi connectivity index (χ0) is 27.0. The van der Waals surface area contributed by atoms with Gasteiger partial charge in [-0.3, -0.25) is 9.59 Å². The molecule has 5 rings (SSSR count). The first-order valence-electron chi connectivity index (χ1n) is 12.7. The van der Waals surface area contributed by atoms with Gasteiger partial charge in [-0.25, -0.2) is 4.39 Å². The largest absolute Gasteiger partial charge is 0.489 e. The first-order valence-corrected chi connectivity index (χ1v) is 12.7. The van der Waals surface area contributed by atoms with Crippen LogP contribution in [0.4, 0.5) is 4.39 Å². The minimum Gasteiger partial charge on any atom is -0.489 e. The van der Waals surface area contributed by atoms with Crippen molar-refractivity contribution in [1.82, 2.24) is 19.7 Å². The lowest BCUT2D eigenvalue weighted by atomic mass is 9.96. The first-order chi connectivity index (χ1) is 18.2. The number of benzene rings is 3. The number of rotatable bonds is 7. The Labute approximate surface area is 220 Å². The van der Waals surface area contributed by atoms with Crippen molar-refractivity contribution in [3.05, 3.63) is 65.5 Å². The summed E-state index contributed by atoms with van der Waals surface area (Å²) < 4.78 is 21.4. The second kappa shape index (κ2) is 10.4. The number of nitrogens with two attached hydrogens (primary N) is 1. The third kappa shape index (κ3) is 4.82. The smallest absolute Gasteiger partial charge is 0.254 e. The lowest BCUT2D eigenvalue weighted by Crippen LogP contribution is -2.47. The fourth-order valence-corrected chi connectivity index (χ4v) is 4.94. The van der Waals surface area contributed by atoms with Gasteiger partial charge in [0, 0.05) is 60.1 Å². The summed E-state index contributed by atoms with van der Waals surface area (Å²) in [4.78, 5) is 34.8. The first kappa shape index (κ1) is 25.7. The number of nitrogens with one attached hydrogen (secondary N) is 1. The van der Waals surface area contributed by atoms with E-state index in [0.29, 0.717) is 64.9 Å². The van der Waals surface area contributed by atoms with Crippen LogP contribution in [0.1, 0.15) is 20.7 Å². The summed E-state index contributed by atoms with van der Waals surface area (Å²) in [5.74, 6) is -0.947. The van der Waals surface area contributed by atoms with Gasteiger partial charge in [0.25, 0.3) is 11.8 Å². The zero-order valence-electron chi connectivity index (χ0n) is 21.9. The van der Waals surface area contributed by atoms with Gasteiger partial charge in [0.15, 0.2) is 11.6 Å². The van der Waals surface area contributed by atoms with Crippen molar-refractivity contribution in [2.45, 2.75) is 0 Å². The number of H-pyrrole nitrogens is 1. The van der Waals surface area contributed by atoms with Gasteiger partial charge in [-0.05, 0) is 51.0 Å². The summed E-state index contributed by atoms with van der Waals surface area (Å²) >= 11 is 0. The molecule has 8 nitrogen and oxygen atoms in total. The Balaban J connectivity index is 1.60. The minimum absolute atomic E-state index is 0.0392. The van der Waals surface area contributed by atoms with Crippen molar-refractivity contribution in [2.75, 3.05) is 60.5 Å². The molecule has 0 spiro atoms. The van der Waals surface area contributed by atoms with Gasteiger partial charge in [-0.15, -0.1) is 0 Å². The van der Waals surface area contributed by atoms with E-state index in [0.717, 1.165) is 18.5 Å². The molecule has 1 saturated heterocycles. The standard InChI is InChI=1S/C29H32FN5O3/c1-33(2)15-16-38-24-6-4-5-20(26(24)30)19-9-10-22(28(31)36)27-25(19)21-8-7-18(17-23(21)32-27)29(37)35-13-11-34(3)12-14-35/h4-10,17,32H,11-16H2,1-3H3,(H2,31,36). The number of primary amides is 1. The average molecular weight is 518 g/mol. The Kier molecular flexibility index (Phi) is 7.05. The van der Waals surface area contributed by atoms with Crippen molar-refractivity contribution in [3.8, 4) is 16.9 Å². The maximum atomic E-state index is 15.7. The van der Waals surface area contributed by atoms with Crippen molar-refractivity contribution < 1.29 is 18.7 Å². The molecular formula is C29H32FN5O3.